The SMILES string of the molecule is CCOC(=O)c1coc(NC2CCCNCC2)n1. The molecule has 1 atom stereocenters. The number of anilines is 1. The summed E-state index contributed by atoms with van der Waals surface area (Å²) in [4.78, 5) is 15.5. The monoisotopic (exact) mass is 253 g/mol. The third-order valence-electron chi connectivity index (χ3n) is 2.89. The van der Waals surface area contributed by atoms with Gasteiger partial charge >= 0.3 is 5.97 Å². The van der Waals surface area contributed by atoms with E-state index in [1.165, 1.54) is 6.26 Å². The summed E-state index contributed by atoms with van der Waals surface area (Å²) in [6.45, 7) is 4.14. The van der Waals surface area contributed by atoms with Gasteiger partial charge in [0.25, 0.3) is 6.01 Å². The van der Waals surface area contributed by atoms with E-state index in [1.807, 2.05) is 0 Å². The van der Waals surface area contributed by atoms with E-state index >= 15 is 0 Å². The van der Waals surface area contributed by atoms with Crippen molar-refractivity contribution in [3.63, 3.8) is 0 Å². The zero-order valence-corrected chi connectivity index (χ0v) is 10.6. The number of hydrogen-bond acceptors (Lipinski definition) is 6. The van der Waals surface area contributed by atoms with Gasteiger partial charge in [-0.2, -0.15) is 4.98 Å². The van der Waals surface area contributed by atoms with Crippen molar-refractivity contribution in [2.75, 3.05) is 25.0 Å². The standard InChI is InChI=1S/C12H19N3O3/c1-2-17-11(16)10-8-18-12(15-10)14-9-4-3-6-13-7-5-9/h8-9,13H,2-7H2,1H3,(H,14,15). The second kappa shape index (κ2) is 6.39. The molecular weight excluding hydrogens is 234 g/mol. The van der Waals surface area contributed by atoms with E-state index in [1.54, 1.807) is 6.92 Å². The van der Waals surface area contributed by atoms with E-state index < -0.39 is 5.97 Å². The molecule has 1 unspecified atom stereocenters. The first-order chi connectivity index (χ1) is 8.79. The first-order valence-corrected chi connectivity index (χ1v) is 6.39. The van der Waals surface area contributed by atoms with E-state index in [0.717, 1.165) is 32.4 Å². The van der Waals surface area contributed by atoms with Crippen molar-refractivity contribution >= 4 is 12.0 Å². The first-order valence-electron chi connectivity index (χ1n) is 6.39. The van der Waals surface area contributed by atoms with Gasteiger partial charge in [0.15, 0.2) is 5.69 Å². The van der Waals surface area contributed by atoms with Gasteiger partial charge in [0.1, 0.15) is 6.26 Å². The number of carbonyl (C=O) groups is 1. The number of carbonyl (C=O) groups excluding carboxylic acids is 1. The molecule has 2 N–H and O–H groups in total. The molecular formula is C12H19N3O3. The van der Waals surface area contributed by atoms with Gasteiger partial charge in [0.05, 0.1) is 6.61 Å². The molecule has 100 valence electrons. The third-order valence-corrected chi connectivity index (χ3v) is 2.89. The van der Waals surface area contributed by atoms with Gasteiger partial charge < -0.3 is 19.8 Å². The number of esters is 1. The Bertz CT molecular complexity index is 384. The fraction of sp³-hybridized carbons (Fsp3) is 0.667. The minimum absolute atomic E-state index is 0.214. The van der Waals surface area contributed by atoms with Crippen molar-refractivity contribution < 1.29 is 13.9 Å². The summed E-state index contributed by atoms with van der Waals surface area (Å²) in [5.74, 6) is -0.447. The first kappa shape index (κ1) is 12.9. The van der Waals surface area contributed by atoms with Crippen molar-refractivity contribution in [1.82, 2.24) is 10.3 Å². The molecule has 0 saturated carbocycles. The van der Waals surface area contributed by atoms with Crippen LogP contribution in [0.1, 0.15) is 36.7 Å². The molecule has 6 nitrogen and oxygen atoms in total. The van der Waals surface area contributed by atoms with E-state index in [-0.39, 0.29) is 5.69 Å². The molecule has 0 bridgehead atoms. The van der Waals surface area contributed by atoms with Gasteiger partial charge in [-0.3, -0.25) is 0 Å². The molecule has 0 radical (unpaired) electrons. The highest BCUT2D eigenvalue weighted by Crippen LogP contribution is 2.14. The lowest BCUT2D eigenvalue weighted by atomic mass is 10.1. The highest BCUT2D eigenvalue weighted by molar-refractivity contribution is 5.87. The molecule has 1 aromatic rings. The number of rotatable bonds is 4. The molecule has 0 aromatic carbocycles. The van der Waals surface area contributed by atoms with E-state index in [2.05, 4.69) is 15.6 Å². The average molecular weight is 253 g/mol. The zero-order chi connectivity index (χ0) is 12.8. The van der Waals surface area contributed by atoms with Gasteiger partial charge in [0.2, 0.25) is 0 Å². The smallest absolute Gasteiger partial charge is 0.360 e. The number of nitrogens with one attached hydrogen (secondary N) is 2. The van der Waals surface area contributed by atoms with Gasteiger partial charge in [0, 0.05) is 6.04 Å². The Hall–Kier alpha value is -1.56. The molecule has 18 heavy (non-hydrogen) atoms. The van der Waals surface area contributed by atoms with Crippen LogP contribution in [0.4, 0.5) is 6.01 Å². The van der Waals surface area contributed by atoms with E-state index in [4.69, 9.17) is 9.15 Å². The molecule has 1 aromatic heterocycles. The topological polar surface area (TPSA) is 76.4 Å². The molecule has 1 aliphatic heterocycles. The molecule has 1 fully saturated rings. The molecule has 0 spiro atoms. The summed E-state index contributed by atoms with van der Waals surface area (Å²) in [7, 11) is 0. The Morgan fingerprint density at radius 3 is 3.33 bits per heavy atom. The Balaban J connectivity index is 1.91. The predicted octanol–water partition coefficient (Wildman–Crippen LogP) is 1.41. The van der Waals surface area contributed by atoms with Crippen LogP contribution in [0.2, 0.25) is 0 Å². The molecule has 0 aliphatic carbocycles. The van der Waals surface area contributed by atoms with Crippen molar-refractivity contribution in [1.29, 1.82) is 0 Å². The minimum atomic E-state index is -0.447. The predicted molar refractivity (Wildman–Crippen MR) is 66.6 cm³/mol. The Morgan fingerprint density at radius 2 is 2.50 bits per heavy atom. The lowest BCUT2D eigenvalue weighted by molar-refractivity contribution is 0.0519. The fourth-order valence-corrected chi connectivity index (χ4v) is 1.98. The lowest BCUT2D eigenvalue weighted by Crippen LogP contribution is -2.21. The summed E-state index contributed by atoms with van der Waals surface area (Å²) in [6, 6.07) is 0.735. The van der Waals surface area contributed by atoms with E-state index in [0.29, 0.717) is 18.7 Å². The van der Waals surface area contributed by atoms with Crippen LogP contribution in [0, 0.1) is 0 Å². The lowest BCUT2D eigenvalue weighted by Gasteiger charge is -2.13. The van der Waals surface area contributed by atoms with Crippen LogP contribution in [-0.2, 0) is 4.74 Å². The molecule has 2 rings (SSSR count). The molecule has 6 heteroatoms. The molecule has 1 aliphatic rings. The quantitative estimate of drug-likeness (QED) is 0.790. The number of hydrogen-bond donors (Lipinski definition) is 2. The second-order valence-electron chi connectivity index (χ2n) is 4.28. The number of aromatic nitrogens is 1. The van der Waals surface area contributed by atoms with Crippen LogP contribution in [-0.4, -0.2) is 36.7 Å². The summed E-state index contributed by atoms with van der Waals surface area (Å²) in [6.07, 6.45) is 4.56. The highest BCUT2D eigenvalue weighted by atomic mass is 16.5. The Kier molecular flexibility index (Phi) is 4.58. The van der Waals surface area contributed by atoms with Crippen LogP contribution < -0.4 is 10.6 Å². The summed E-state index contributed by atoms with van der Waals surface area (Å²) in [5, 5.41) is 6.55. The zero-order valence-electron chi connectivity index (χ0n) is 10.6. The summed E-state index contributed by atoms with van der Waals surface area (Å²) < 4.78 is 10.1. The normalized spacial score (nSPS) is 20.2. The number of ether oxygens (including phenoxy) is 1. The number of oxazole rings is 1. The van der Waals surface area contributed by atoms with Crippen molar-refractivity contribution in [2.45, 2.75) is 32.2 Å². The van der Waals surface area contributed by atoms with Gasteiger partial charge in [-0.1, -0.05) is 0 Å². The molecule has 0 amide bonds. The average Bonchev–Trinajstić information content (AvgIpc) is 2.67. The van der Waals surface area contributed by atoms with Crippen LogP contribution in [0.25, 0.3) is 0 Å². The summed E-state index contributed by atoms with van der Waals surface area (Å²) >= 11 is 0. The Morgan fingerprint density at radius 1 is 1.61 bits per heavy atom. The highest BCUT2D eigenvalue weighted by Gasteiger charge is 2.17. The van der Waals surface area contributed by atoms with Gasteiger partial charge in [-0.15, -0.1) is 0 Å². The van der Waals surface area contributed by atoms with E-state index in [9.17, 15) is 4.79 Å². The van der Waals surface area contributed by atoms with Crippen LogP contribution in [0.3, 0.4) is 0 Å². The van der Waals surface area contributed by atoms with Crippen LogP contribution in [0.5, 0.6) is 0 Å². The maximum atomic E-state index is 11.4. The van der Waals surface area contributed by atoms with Crippen LogP contribution >= 0.6 is 0 Å². The Labute approximate surface area is 106 Å². The third kappa shape index (κ3) is 3.46. The molecule has 2 heterocycles. The van der Waals surface area contributed by atoms with Gasteiger partial charge in [-0.25, -0.2) is 4.79 Å². The minimum Gasteiger partial charge on any atom is -0.461 e. The maximum absolute atomic E-state index is 11.4. The summed E-state index contributed by atoms with van der Waals surface area (Å²) in [5.41, 5.74) is 0.214. The second-order valence-corrected chi connectivity index (χ2v) is 4.28. The van der Waals surface area contributed by atoms with Crippen LogP contribution in [0.15, 0.2) is 10.7 Å². The van der Waals surface area contributed by atoms with Gasteiger partial charge in [-0.05, 0) is 39.3 Å². The van der Waals surface area contributed by atoms with Crippen molar-refractivity contribution in [3.8, 4) is 0 Å². The number of nitrogens with zero attached hydrogens (tertiary/aromatic N) is 1. The maximum Gasteiger partial charge on any atom is 0.360 e. The van der Waals surface area contributed by atoms with Crippen molar-refractivity contribution in [2.24, 2.45) is 0 Å². The largest absolute Gasteiger partial charge is 0.461 e. The fourth-order valence-electron chi connectivity index (χ4n) is 1.98. The molecule has 1 saturated heterocycles. The van der Waals surface area contributed by atoms with Crippen molar-refractivity contribution in [3.05, 3.63) is 12.0 Å².